The van der Waals surface area contributed by atoms with Crippen LogP contribution in [0.3, 0.4) is 0 Å². The zero-order valence-electron chi connectivity index (χ0n) is 16.6. The third-order valence-electron chi connectivity index (χ3n) is 6.15. The van der Waals surface area contributed by atoms with Gasteiger partial charge in [0.05, 0.1) is 25.4 Å². The number of nitrogens with one attached hydrogen (secondary N) is 1. The van der Waals surface area contributed by atoms with Crippen molar-refractivity contribution in [3.8, 4) is 0 Å². The Morgan fingerprint density at radius 2 is 1.89 bits per heavy atom. The molecule has 1 N–H and O–H groups in total. The summed E-state index contributed by atoms with van der Waals surface area (Å²) in [6, 6.07) is 4.39. The molecule has 3 aliphatic heterocycles. The van der Waals surface area contributed by atoms with Crippen LogP contribution in [0.4, 0.5) is 5.82 Å². The lowest BCUT2D eigenvalue weighted by Gasteiger charge is -2.40. The van der Waals surface area contributed by atoms with Crippen molar-refractivity contribution in [2.24, 2.45) is 5.92 Å². The highest BCUT2D eigenvalue weighted by Crippen LogP contribution is 2.20. The second kappa shape index (κ2) is 9.67. The highest BCUT2D eigenvalue weighted by Gasteiger charge is 2.28. The van der Waals surface area contributed by atoms with E-state index in [-0.39, 0.29) is 5.91 Å². The summed E-state index contributed by atoms with van der Waals surface area (Å²) < 4.78 is 11.0. The largest absolute Gasteiger partial charge is 0.381 e. The fraction of sp³-hybridized carbons (Fsp3) is 0.714. The number of anilines is 1. The first-order chi connectivity index (χ1) is 13.8. The minimum atomic E-state index is 0.0974. The summed E-state index contributed by atoms with van der Waals surface area (Å²) in [7, 11) is 0. The summed E-state index contributed by atoms with van der Waals surface area (Å²) in [5, 5.41) is 3.37. The Morgan fingerprint density at radius 1 is 1.07 bits per heavy atom. The fourth-order valence-corrected chi connectivity index (χ4v) is 4.40. The fourth-order valence-electron chi connectivity index (χ4n) is 4.40. The van der Waals surface area contributed by atoms with E-state index in [4.69, 9.17) is 9.47 Å². The smallest absolute Gasteiger partial charge is 0.255 e. The Labute approximate surface area is 167 Å². The molecule has 0 spiro atoms. The predicted molar refractivity (Wildman–Crippen MR) is 108 cm³/mol. The molecule has 0 aromatic carbocycles. The molecule has 0 aliphatic carbocycles. The zero-order chi connectivity index (χ0) is 19.2. The van der Waals surface area contributed by atoms with Crippen LogP contribution in [0.25, 0.3) is 0 Å². The van der Waals surface area contributed by atoms with Crippen molar-refractivity contribution in [1.82, 2.24) is 14.8 Å². The first kappa shape index (κ1) is 19.6. The van der Waals surface area contributed by atoms with Gasteiger partial charge in [-0.1, -0.05) is 0 Å². The Hall–Kier alpha value is -1.70. The number of aromatic nitrogens is 1. The minimum absolute atomic E-state index is 0.0974. The lowest BCUT2D eigenvalue weighted by atomic mass is 10.0. The van der Waals surface area contributed by atoms with E-state index in [1.807, 2.05) is 17.0 Å². The van der Waals surface area contributed by atoms with E-state index in [0.717, 1.165) is 84.2 Å². The summed E-state index contributed by atoms with van der Waals surface area (Å²) in [6.45, 7) is 7.92. The number of pyridine rings is 1. The van der Waals surface area contributed by atoms with Gasteiger partial charge < -0.3 is 19.7 Å². The van der Waals surface area contributed by atoms with Crippen LogP contribution in [-0.2, 0) is 9.47 Å². The van der Waals surface area contributed by atoms with Crippen LogP contribution in [0.15, 0.2) is 18.3 Å². The SMILES string of the molecule is O=C(c1ccc(NCC2CCCOC2)nc1)N1CCC(N2CCOCC2)CC1. The molecule has 154 valence electrons. The molecule has 3 aliphatic rings. The quantitative estimate of drug-likeness (QED) is 0.831. The lowest BCUT2D eigenvalue weighted by molar-refractivity contribution is 0.00158. The van der Waals surface area contributed by atoms with Crippen molar-refractivity contribution in [3.63, 3.8) is 0 Å². The van der Waals surface area contributed by atoms with Crippen LogP contribution in [-0.4, -0.2) is 85.9 Å². The zero-order valence-corrected chi connectivity index (χ0v) is 16.6. The molecular formula is C21H32N4O3. The number of morpholine rings is 1. The average molecular weight is 389 g/mol. The van der Waals surface area contributed by atoms with E-state index in [1.165, 1.54) is 6.42 Å². The molecule has 4 rings (SSSR count). The maximum atomic E-state index is 12.8. The average Bonchev–Trinajstić information content (AvgIpc) is 2.79. The van der Waals surface area contributed by atoms with E-state index in [0.29, 0.717) is 17.5 Å². The molecule has 1 amide bonds. The number of carbonyl (C=O) groups excluding carboxylic acids is 1. The number of hydrogen-bond donors (Lipinski definition) is 1. The number of amides is 1. The van der Waals surface area contributed by atoms with Crippen LogP contribution in [0, 0.1) is 5.92 Å². The van der Waals surface area contributed by atoms with Crippen molar-refractivity contribution in [2.45, 2.75) is 31.7 Å². The highest BCUT2D eigenvalue weighted by atomic mass is 16.5. The molecule has 1 unspecified atom stereocenters. The van der Waals surface area contributed by atoms with Gasteiger partial charge in [0.25, 0.3) is 5.91 Å². The van der Waals surface area contributed by atoms with Gasteiger partial charge in [0, 0.05) is 51.6 Å². The number of piperidine rings is 1. The van der Waals surface area contributed by atoms with Gasteiger partial charge in [0.2, 0.25) is 0 Å². The molecule has 1 atom stereocenters. The number of hydrogen-bond acceptors (Lipinski definition) is 6. The molecule has 4 heterocycles. The lowest BCUT2D eigenvalue weighted by Crippen LogP contribution is -2.50. The van der Waals surface area contributed by atoms with Crippen molar-refractivity contribution in [3.05, 3.63) is 23.9 Å². The van der Waals surface area contributed by atoms with Gasteiger partial charge in [0.1, 0.15) is 5.82 Å². The van der Waals surface area contributed by atoms with Gasteiger partial charge in [-0.05, 0) is 43.7 Å². The van der Waals surface area contributed by atoms with Gasteiger partial charge in [-0.2, -0.15) is 0 Å². The predicted octanol–water partition coefficient (Wildman–Crippen LogP) is 1.86. The van der Waals surface area contributed by atoms with Gasteiger partial charge in [-0.15, -0.1) is 0 Å². The summed E-state index contributed by atoms with van der Waals surface area (Å²) in [4.78, 5) is 21.8. The molecule has 28 heavy (non-hydrogen) atoms. The molecular weight excluding hydrogens is 356 g/mol. The van der Waals surface area contributed by atoms with E-state index >= 15 is 0 Å². The number of nitrogens with zero attached hydrogens (tertiary/aromatic N) is 3. The number of likely N-dealkylation sites (tertiary alicyclic amines) is 1. The van der Waals surface area contributed by atoms with Crippen molar-refractivity contribution >= 4 is 11.7 Å². The van der Waals surface area contributed by atoms with E-state index in [2.05, 4.69) is 15.2 Å². The molecule has 0 saturated carbocycles. The Balaban J connectivity index is 1.24. The summed E-state index contributed by atoms with van der Waals surface area (Å²) in [5.74, 6) is 1.47. The molecule has 3 saturated heterocycles. The number of ether oxygens (including phenoxy) is 2. The second-order valence-electron chi connectivity index (χ2n) is 8.07. The Morgan fingerprint density at radius 3 is 2.57 bits per heavy atom. The Kier molecular flexibility index (Phi) is 6.77. The third-order valence-corrected chi connectivity index (χ3v) is 6.15. The standard InChI is InChI=1S/C21H32N4O3/c26-21(25-7-5-19(6-8-25)24-9-12-27-13-10-24)18-3-4-20(23-15-18)22-14-17-2-1-11-28-16-17/h3-4,15,17,19H,1-2,5-14,16H2,(H,22,23). The van der Waals surface area contributed by atoms with Crippen LogP contribution in [0.5, 0.6) is 0 Å². The van der Waals surface area contributed by atoms with Gasteiger partial charge >= 0.3 is 0 Å². The third kappa shape index (κ3) is 5.01. The minimum Gasteiger partial charge on any atom is -0.381 e. The molecule has 0 radical (unpaired) electrons. The van der Waals surface area contributed by atoms with E-state index in [9.17, 15) is 4.79 Å². The normalized spacial score (nSPS) is 24.9. The molecule has 1 aromatic rings. The maximum Gasteiger partial charge on any atom is 0.255 e. The second-order valence-corrected chi connectivity index (χ2v) is 8.07. The summed E-state index contributed by atoms with van der Waals surface area (Å²) >= 11 is 0. The van der Waals surface area contributed by atoms with Gasteiger partial charge in [0.15, 0.2) is 0 Å². The Bertz CT molecular complexity index is 619. The van der Waals surface area contributed by atoms with E-state index < -0.39 is 0 Å². The maximum absolute atomic E-state index is 12.8. The topological polar surface area (TPSA) is 66.9 Å². The van der Waals surface area contributed by atoms with Gasteiger partial charge in [-0.3, -0.25) is 9.69 Å². The summed E-state index contributed by atoms with van der Waals surface area (Å²) in [6.07, 6.45) is 6.13. The molecule has 3 fully saturated rings. The monoisotopic (exact) mass is 388 g/mol. The molecule has 1 aromatic heterocycles. The van der Waals surface area contributed by atoms with Crippen LogP contribution in [0.1, 0.15) is 36.0 Å². The van der Waals surface area contributed by atoms with Crippen LogP contribution in [0.2, 0.25) is 0 Å². The highest BCUT2D eigenvalue weighted by molar-refractivity contribution is 5.94. The summed E-state index contributed by atoms with van der Waals surface area (Å²) in [5.41, 5.74) is 0.677. The number of rotatable bonds is 5. The first-order valence-electron chi connectivity index (χ1n) is 10.7. The van der Waals surface area contributed by atoms with Crippen molar-refractivity contribution in [1.29, 1.82) is 0 Å². The molecule has 7 nitrogen and oxygen atoms in total. The van der Waals surface area contributed by atoms with Crippen LogP contribution < -0.4 is 5.32 Å². The van der Waals surface area contributed by atoms with E-state index in [1.54, 1.807) is 6.20 Å². The van der Waals surface area contributed by atoms with Crippen molar-refractivity contribution < 1.29 is 14.3 Å². The van der Waals surface area contributed by atoms with Gasteiger partial charge in [-0.25, -0.2) is 4.98 Å². The molecule has 0 bridgehead atoms. The van der Waals surface area contributed by atoms with Crippen LogP contribution >= 0.6 is 0 Å². The molecule has 7 heteroatoms. The first-order valence-corrected chi connectivity index (χ1v) is 10.7. The van der Waals surface area contributed by atoms with Crippen molar-refractivity contribution in [2.75, 3.05) is 64.5 Å². The number of carbonyl (C=O) groups is 1.